The second kappa shape index (κ2) is 4.75. The normalized spacial score (nSPS) is 14.9. The topological polar surface area (TPSA) is 51.3 Å². The van der Waals surface area contributed by atoms with Crippen molar-refractivity contribution in [2.75, 3.05) is 5.73 Å². The Morgan fingerprint density at radius 1 is 1.05 bits per heavy atom. The van der Waals surface area contributed by atoms with Gasteiger partial charge in [0, 0.05) is 39.7 Å². The van der Waals surface area contributed by atoms with E-state index in [0.717, 1.165) is 33.9 Å². The number of nitrogens with zero attached hydrogens (tertiary/aromatic N) is 2. The Morgan fingerprint density at radius 3 is 2.43 bits per heavy atom. The van der Waals surface area contributed by atoms with Crippen molar-refractivity contribution in [1.82, 2.24) is 4.98 Å². The summed E-state index contributed by atoms with van der Waals surface area (Å²) >= 11 is 0. The third-order valence-corrected chi connectivity index (χ3v) is 3.98. The average Bonchev–Trinajstić information content (AvgIpc) is 2.69. The lowest BCUT2D eigenvalue weighted by molar-refractivity contribution is 0.731. The minimum Gasteiger partial charge on any atom is -0.399 e. The Labute approximate surface area is 124 Å². The zero-order valence-electron chi connectivity index (χ0n) is 12.4. The fourth-order valence-corrected chi connectivity index (χ4v) is 2.28. The molecule has 3 heteroatoms. The lowest BCUT2D eigenvalue weighted by Gasteiger charge is -2.19. The van der Waals surface area contributed by atoms with E-state index in [1.165, 1.54) is 0 Å². The van der Waals surface area contributed by atoms with Crippen LogP contribution in [0.25, 0.3) is 0 Å². The molecule has 2 N–H and O–H groups in total. The third kappa shape index (κ3) is 2.41. The molecule has 0 atom stereocenters. The molecule has 0 fully saturated rings. The van der Waals surface area contributed by atoms with Crippen LogP contribution in [0.15, 0.2) is 41.5 Å². The Balaban J connectivity index is 1.94. The molecule has 0 radical (unpaired) electrons. The first-order valence-corrected chi connectivity index (χ1v) is 6.91. The fourth-order valence-electron chi connectivity index (χ4n) is 2.28. The Bertz CT molecular complexity index is 787. The zero-order chi connectivity index (χ0) is 15.0. The first-order valence-electron chi connectivity index (χ1n) is 6.91. The summed E-state index contributed by atoms with van der Waals surface area (Å²) in [5.41, 5.74) is 10.4. The van der Waals surface area contributed by atoms with Crippen LogP contribution in [-0.2, 0) is 5.41 Å². The Morgan fingerprint density at radius 2 is 1.71 bits per heavy atom. The molecule has 1 aliphatic rings. The first-order chi connectivity index (χ1) is 9.96. The number of nitrogens with two attached hydrogens (primary N) is 1. The van der Waals surface area contributed by atoms with Crippen LogP contribution in [0.3, 0.4) is 0 Å². The number of rotatable bonds is 0. The highest BCUT2D eigenvalue weighted by molar-refractivity contribution is 5.98. The highest BCUT2D eigenvalue weighted by Crippen LogP contribution is 2.38. The van der Waals surface area contributed by atoms with Crippen molar-refractivity contribution in [3.05, 3.63) is 53.2 Å². The van der Waals surface area contributed by atoms with Gasteiger partial charge in [-0.1, -0.05) is 25.7 Å². The first kappa shape index (κ1) is 13.4. The molecule has 1 aliphatic heterocycles. The number of benzene rings is 1. The van der Waals surface area contributed by atoms with Crippen LogP contribution < -0.4 is 5.73 Å². The predicted octanol–water partition coefficient (Wildman–Crippen LogP) is 3.45. The van der Waals surface area contributed by atoms with Crippen molar-refractivity contribution >= 4 is 17.2 Å². The molecule has 3 nitrogen and oxygen atoms in total. The summed E-state index contributed by atoms with van der Waals surface area (Å²) in [7, 11) is 0. The summed E-state index contributed by atoms with van der Waals surface area (Å²) in [6, 6.07) is 9.63. The van der Waals surface area contributed by atoms with Crippen molar-refractivity contribution in [1.29, 1.82) is 0 Å². The summed E-state index contributed by atoms with van der Waals surface area (Å²) in [6.45, 7) is 6.37. The van der Waals surface area contributed by atoms with Crippen molar-refractivity contribution in [3.8, 4) is 11.8 Å². The van der Waals surface area contributed by atoms with Gasteiger partial charge in [-0.05, 0) is 37.3 Å². The number of nitrogen functional groups attached to an aromatic ring is 1. The molecule has 0 saturated heterocycles. The molecule has 104 valence electrons. The molecular weight excluding hydrogens is 258 g/mol. The number of fused-ring (bicyclic) bond motifs is 1. The molecule has 1 aromatic carbocycles. The third-order valence-electron chi connectivity index (χ3n) is 3.98. The van der Waals surface area contributed by atoms with Crippen LogP contribution in [0.1, 0.15) is 37.5 Å². The van der Waals surface area contributed by atoms with Crippen molar-refractivity contribution < 1.29 is 0 Å². The standard InChI is InChI=1S/C18H17N3/c1-12-18(2,3)16-10-14(11-20-17(16)21-12)5-4-13-6-8-15(19)9-7-13/h6-11H,19H2,1-3H3. The molecule has 0 spiro atoms. The number of pyridine rings is 1. The lowest BCUT2D eigenvalue weighted by Crippen LogP contribution is -2.22. The quantitative estimate of drug-likeness (QED) is 0.591. The summed E-state index contributed by atoms with van der Waals surface area (Å²) < 4.78 is 0. The van der Waals surface area contributed by atoms with Gasteiger partial charge in [0.15, 0.2) is 5.82 Å². The predicted molar refractivity (Wildman–Crippen MR) is 86.9 cm³/mol. The molecule has 2 aromatic rings. The van der Waals surface area contributed by atoms with Gasteiger partial charge in [0.25, 0.3) is 0 Å². The van der Waals surface area contributed by atoms with E-state index >= 15 is 0 Å². The molecule has 0 aliphatic carbocycles. The SMILES string of the molecule is CC1=Nc2ncc(C#Cc3ccc(N)cc3)cc2C1(C)C. The maximum atomic E-state index is 5.67. The van der Waals surface area contributed by atoms with Crippen LogP contribution in [0.2, 0.25) is 0 Å². The van der Waals surface area contributed by atoms with E-state index in [0.29, 0.717) is 0 Å². The Kier molecular flexibility index (Phi) is 3.03. The largest absolute Gasteiger partial charge is 0.399 e. The van der Waals surface area contributed by atoms with Gasteiger partial charge in [0.2, 0.25) is 0 Å². The van der Waals surface area contributed by atoms with Crippen molar-refractivity contribution in [2.45, 2.75) is 26.2 Å². The van der Waals surface area contributed by atoms with Crippen LogP contribution in [0.4, 0.5) is 11.5 Å². The van der Waals surface area contributed by atoms with E-state index in [1.54, 1.807) is 6.20 Å². The minimum atomic E-state index is -0.0682. The van der Waals surface area contributed by atoms with E-state index in [-0.39, 0.29) is 5.41 Å². The second-order valence-electron chi connectivity index (χ2n) is 5.79. The van der Waals surface area contributed by atoms with Crippen LogP contribution >= 0.6 is 0 Å². The maximum absolute atomic E-state index is 5.67. The Hall–Kier alpha value is -2.60. The molecule has 0 unspecified atom stereocenters. The highest BCUT2D eigenvalue weighted by Gasteiger charge is 2.33. The van der Waals surface area contributed by atoms with Gasteiger partial charge in [0.1, 0.15) is 0 Å². The number of hydrogen-bond donors (Lipinski definition) is 1. The number of hydrogen-bond acceptors (Lipinski definition) is 3. The minimum absolute atomic E-state index is 0.0682. The van der Waals surface area contributed by atoms with Gasteiger partial charge in [-0.2, -0.15) is 0 Å². The second-order valence-corrected chi connectivity index (χ2v) is 5.79. The van der Waals surface area contributed by atoms with Crippen LogP contribution in [0.5, 0.6) is 0 Å². The van der Waals surface area contributed by atoms with Gasteiger partial charge < -0.3 is 5.73 Å². The number of anilines is 1. The maximum Gasteiger partial charge on any atom is 0.155 e. The molecule has 21 heavy (non-hydrogen) atoms. The summed E-state index contributed by atoms with van der Waals surface area (Å²) in [5, 5.41) is 0. The van der Waals surface area contributed by atoms with E-state index in [9.17, 15) is 0 Å². The highest BCUT2D eigenvalue weighted by atomic mass is 14.9. The van der Waals surface area contributed by atoms with E-state index in [4.69, 9.17) is 5.73 Å². The fraction of sp³-hybridized carbons (Fsp3) is 0.222. The molecule has 0 bridgehead atoms. The van der Waals surface area contributed by atoms with Crippen LogP contribution in [0, 0.1) is 11.8 Å². The van der Waals surface area contributed by atoms with Gasteiger partial charge in [-0.15, -0.1) is 0 Å². The van der Waals surface area contributed by atoms with Gasteiger partial charge >= 0.3 is 0 Å². The van der Waals surface area contributed by atoms with Gasteiger partial charge in [-0.25, -0.2) is 9.98 Å². The lowest BCUT2D eigenvalue weighted by atomic mass is 9.82. The molecular formula is C18H17N3. The smallest absolute Gasteiger partial charge is 0.155 e. The zero-order valence-corrected chi connectivity index (χ0v) is 12.4. The monoisotopic (exact) mass is 275 g/mol. The molecule has 3 rings (SSSR count). The van der Waals surface area contributed by atoms with Crippen LogP contribution in [-0.4, -0.2) is 10.7 Å². The molecule has 0 amide bonds. The summed E-state index contributed by atoms with van der Waals surface area (Å²) in [5.74, 6) is 7.11. The summed E-state index contributed by atoms with van der Waals surface area (Å²) in [4.78, 5) is 8.94. The molecule has 1 aromatic heterocycles. The average molecular weight is 275 g/mol. The molecule has 2 heterocycles. The van der Waals surface area contributed by atoms with E-state index in [2.05, 4.69) is 41.7 Å². The van der Waals surface area contributed by atoms with Gasteiger partial charge in [-0.3, -0.25) is 0 Å². The number of aliphatic imine (C=N–C) groups is 1. The van der Waals surface area contributed by atoms with Crippen molar-refractivity contribution in [2.24, 2.45) is 4.99 Å². The van der Waals surface area contributed by atoms with Crippen molar-refractivity contribution in [3.63, 3.8) is 0 Å². The molecule has 0 saturated carbocycles. The van der Waals surface area contributed by atoms with E-state index < -0.39 is 0 Å². The number of aromatic nitrogens is 1. The summed E-state index contributed by atoms with van der Waals surface area (Å²) in [6.07, 6.45) is 1.78. The van der Waals surface area contributed by atoms with E-state index in [1.807, 2.05) is 31.2 Å². The van der Waals surface area contributed by atoms with Gasteiger partial charge in [0.05, 0.1) is 0 Å².